The quantitative estimate of drug-likeness (QED) is 0.511. The van der Waals surface area contributed by atoms with Gasteiger partial charge in [0.1, 0.15) is 11.3 Å². The Morgan fingerprint density at radius 2 is 2.00 bits per heavy atom. The van der Waals surface area contributed by atoms with Gasteiger partial charge in [0, 0.05) is 31.8 Å². The van der Waals surface area contributed by atoms with Gasteiger partial charge >= 0.3 is 11.9 Å². The van der Waals surface area contributed by atoms with Crippen molar-refractivity contribution in [2.45, 2.75) is 19.6 Å². The fourth-order valence-corrected chi connectivity index (χ4v) is 2.31. The summed E-state index contributed by atoms with van der Waals surface area (Å²) in [6.07, 6.45) is 1.24. The van der Waals surface area contributed by atoms with Gasteiger partial charge in [-0.3, -0.25) is 0 Å². The van der Waals surface area contributed by atoms with Crippen molar-refractivity contribution >= 4 is 29.0 Å². The van der Waals surface area contributed by atoms with Crippen LogP contribution in [0.4, 0.5) is 5.69 Å². The standard InChI is InChI=1S/C15H13N3O5S/c1-15(2)22-12(19)11(13(20)23-15)7-16-9-4-3-5-10(6-9)21-14-18-17-8-24-14/h3-8,16H,1-2H3. The molecule has 1 saturated heterocycles. The van der Waals surface area contributed by atoms with E-state index in [-0.39, 0.29) is 5.57 Å². The fourth-order valence-electron chi connectivity index (χ4n) is 1.89. The fraction of sp³-hybridized carbons (Fsp3) is 0.200. The minimum Gasteiger partial charge on any atom is -0.430 e. The molecule has 2 aromatic rings. The third-order valence-corrected chi connectivity index (χ3v) is 3.45. The van der Waals surface area contributed by atoms with Crippen molar-refractivity contribution in [3.05, 3.63) is 41.5 Å². The van der Waals surface area contributed by atoms with Gasteiger partial charge in [-0.2, -0.15) is 0 Å². The van der Waals surface area contributed by atoms with Crippen LogP contribution in [-0.4, -0.2) is 27.9 Å². The normalized spacial score (nSPS) is 16.2. The summed E-state index contributed by atoms with van der Waals surface area (Å²) in [5, 5.41) is 10.7. The van der Waals surface area contributed by atoms with E-state index in [1.54, 1.807) is 29.8 Å². The van der Waals surface area contributed by atoms with Gasteiger partial charge < -0.3 is 19.5 Å². The summed E-state index contributed by atoms with van der Waals surface area (Å²) in [6, 6.07) is 6.92. The lowest BCUT2D eigenvalue weighted by Crippen LogP contribution is -2.42. The lowest BCUT2D eigenvalue weighted by Gasteiger charge is -2.29. The summed E-state index contributed by atoms with van der Waals surface area (Å²) in [5.74, 6) is -2.22. The molecule has 0 amide bonds. The molecule has 1 fully saturated rings. The zero-order valence-electron chi connectivity index (χ0n) is 12.8. The van der Waals surface area contributed by atoms with Crippen LogP contribution in [0.1, 0.15) is 13.8 Å². The first-order chi connectivity index (χ1) is 11.4. The maximum atomic E-state index is 11.9. The van der Waals surface area contributed by atoms with Crippen LogP contribution in [0, 0.1) is 0 Å². The Balaban J connectivity index is 1.72. The van der Waals surface area contributed by atoms with Crippen molar-refractivity contribution in [1.29, 1.82) is 0 Å². The molecule has 0 atom stereocenters. The molecule has 124 valence electrons. The molecule has 8 nitrogen and oxygen atoms in total. The predicted molar refractivity (Wildman–Crippen MR) is 84.4 cm³/mol. The summed E-state index contributed by atoms with van der Waals surface area (Å²) in [6.45, 7) is 2.97. The van der Waals surface area contributed by atoms with Crippen LogP contribution in [-0.2, 0) is 19.1 Å². The number of anilines is 1. The number of carbonyl (C=O) groups is 2. The van der Waals surface area contributed by atoms with Gasteiger partial charge in [0.25, 0.3) is 11.0 Å². The Morgan fingerprint density at radius 1 is 1.25 bits per heavy atom. The van der Waals surface area contributed by atoms with Crippen molar-refractivity contribution < 1.29 is 23.8 Å². The maximum Gasteiger partial charge on any atom is 0.350 e. The molecule has 1 aromatic carbocycles. The maximum absolute atomic E-state index is 11.9. The molecule has 0 saturated carbocycles. The highest BCUT2D eigenvalue weighted by molar-refractivity contribution is 7.11. The molecule has 0 unspecified atom stereocenters. The first-order valence-corrected chi connectivity index (χ1v) is 7.78. The molecule has 0 spiro atoms. The van der Waals surface area contributed by atoms with Crippen molar-refractivity contribution in [1.82, 2.24) is 10.2 Å². The van der Waals surface area contributed by atoms with E-state index in [0.717, 1.165) is 0 Å². The van der Waals surface area contributed by atoms with Gasteiger partial charge in [-0.15, -0.1) is 5.10 Å². The van der Waals surface area contributed by atoms with E-state index in [2.05, 4.69) is 15.5 Å². The lowest BCUT2D eigenvalue weighted by molar-refractivity contribution is -0.222. The number of carbonyl (C=O) groups excluding carboxylic acids is 2. The lowest BCUT2D eigenvalue weighted by atomic mass is 10.2. The molecule has 0 radical (unpaired) electrons. The van der Waals surface area contributed by atoms with Crippen LogP contribution >= 0.6 is 11.3 Å². The van der Waals surface area contributed by atoms with Crippen molar-refractivity contribution in [2.75, 3.05) is 5.32 Å². The Labute approximate surface area is 141 Å². The summed E-state index contributed by atoms with van der Waals surface area (Å²) >= 11 is 1.26. The average Bonchev–Trinajstić information content (AvgIpc) is 2.98. The third-order valence-electron chi connectivity index (χ3n) is 2.88. The molecule has 0 aliphatic carbocycles. The second-order valence-electron chi connectivity index (χ2n) is 5.22. The van der Waals surface area contributed by atoms with Crippen molar-refractivity contribution in [3.8, 4) is 10.9 Å². The summed E-state index contributed by atoms with van der Waals surface area (Å²) in [5.41, 5.74) is 1.95. The third kappa shape index (κ3) is 3.69. The molecular formula is C15H13N3O5S. The first-order valence-electron chi connectivity index (χ1n) is 6.90. The summed E-state index contributed by atoms with van der Waals surface area (Å²) < 4.78 is 15.5. The minimum absolute atomic E-state index is 0.218. The Morgan fingerprint density at radius 3 is 2.67 bits per heavy atom. The number of rotatable bonds is 4. The van der Waals surface area contributed by atoms with Crippen LogP contribution in [0.2, 0.25) is 0 Å². The summed E-state index contributed by atoms with van der Waals surface area (Å²) in [4.78, 5) is 23.7. The van der Waals surface area contributed by atoms with Crippen LogP contribution in [0.3, 0.4) is 0 Å². The number of hydrogen-bond acceptors (Lipinski definition) is 9. The van der Waals surface area contributed by atoms with Crippen molar-refractivity contribution in [3.63, 3.8) is 0 Å². The zero-order valence-corrected chi connectivity index (χ0v) is 13.6. The number of esters is 2. The highest BCUT2D eigenvalue weighted by Crippen LogP contribution is 2.26. The largest absolute Gasteiger partial charge is 0.430 e. The van der Waals surface area contributed by atoms with Gasteiger partial charge in [0.15, 0.2) is 5.57 Å². The predicted octanol–water partition coefficient (Wildman–Crippen LogP) is 2.46. The number of aromatic nitrogens is 2. The van der Waals surface area contributed by atoms with Crippen LogP contribution in [0.25, 0.3) is 0 Å². The van der Waals surface area contributed by atoms with E-state index in [1.807, 2.05) is 0 Å². The summed E-state index contributed by atoms with van der Waals surface area (Å²) in [7, 11) is 0. The van der Waals surface area contributed by atoms with E-state index >= 15 is 0 Å². The monoisotopic (exact) mass is 347 g/mol. The van der Waals surface area contributed by atoms with Crippen LogP contribution in [0.5, 0.6) is 10.9 Å². The van der Waals surface area contributed by atoms with Gasteiger partial charge in [0.2, 0.25) is 0 Å². The van der Waals surface area contributed by atoms with E-state index in [1.165, 1.54) is 31.4 Å². The highest BCUT2D eigenvalue weighted by atomic mass is 32.1. The second-order valence-corrected chi connectivity index (χ2v) is 6.01. The molecule has 3 rings (SSSR count). The average molecular weight is 347 g/mol. The Kier molecular flexibility index (Phi) is 4.17. The molecule has 1 aliphatic rings. The van der Waals surface area contributed by atoms with E-state index in [9.17, 15) is 9.59 Å². The molecule has 1 aliphatic heterocycles. The smallest absolute Gasteiger partial charge is 0.350 e. The van der Waals surface area contributed by atoms with Gasteiger partial charge in [-0.1, -0.05) is 22.5 Å². The SMILES string of the molecule is CC1(C)OC(=O)C(=CNc2cccc(Oc3nncs3)c2)C(=O)O1. The number of ether oxygens (including phenoxy) is 3. The molecule has 24 heavy (non-hydrogen) atoms. The van der Waals surface area contributed by atoms with E-state index < -0.39 is 17.7 Å². The minimum atomic E-state index is -1.26. The van der Waals surface area contributed by atoms with Gasteiger partial charge in [-0.25, -0.2) is 9.59 Å². The Hall–Kier alpha value is -2.94. The number of hydrogen-bond donors (Lipinski definition) is 1. The number of nitrogens with one attached hydrogen (secondary N) is 1. The molecule has 0 bridgehead atoms. The van der Waals surface area contributed by atoms with Gasteiger partial charge in [-0.05, 0) is 12.1 Å². The van der Waals surface area contributed by atoms with Crippen LogP contribution in [0.15, 0.2) is 41.5 Å². The van der Waals surface area contributed by atoms with Crippen LogP contribution < -0.4 is 10.1 Å². The Bertz CT molecular complexity index is 779. The molecule has 2 heterocycles. The molecule has 1 aromatic heterocycles. The first kappa shape index (κ1) is 15.9. The molecular weight excluding hydrogens is 334 g/mol. The van der Waals surface area contributed by atoms with Crippen molar-refractivity contribution in [2.24, 2.45) is 0 Å². The van der Waals surface area contributed by atoms with E-state index in [4.69, 9.17) is 14.2 Å². The topological polar surface area (TPSA) is 99.6 Å². The second kappa shape index (κ2) is 6.28. The number of cyclic esters (lactones) is 2. The van der Waals surface area contributed by atoms with E-state index in [0.29, 0.717) is 16.6 Å². The molecule has 1 N–H and O–H groups in total. The highest BCUT2D eigenvalue weighted by Gasteiger charge is 2.38. The number of benzene rings is 1. The number of nitrogens with zero attached hydrogens (tertiary/aromatic N) is 2. The van der Waals surface area contributed by atoms with Gasteiger partial charge in [0.05, 0.1) is 0 Å². The molecule has 9 heteroatoms. The zero-order chi connectivity index (χ0) is 17.2.